The van der Waals surface area contributed by atoms with E-state index in [1.54, 1.807) is 17.0 Å². The van der Waals surface area contributed by atoms with E-state index < -0.39 is 12.8 Å². The molecule has 1 heterocycles. The van der Waals surface area contributed by atoms with Crippen molar-refractivity contribution < 1.29 is 9.50 Å². The average Bonchev–Trinajstić information content (AvgIpc) is 2.51. The number of hydrogen-bond donors (Lipinski definition) is 2. The number of nitrogens with zero attached hydrogens (tertiary/aromatic N) is 2. The Bertz CT molecular complexity index is 238. The fraction of sp³-hybridized carbons (Fsp3) is 0.571. The van der Waals surface area contributed by atoms with Gasteiger partial charge in [-0.15, -0.1) is 0 Å². The Hall–Kier alpha value is -0.940. The van der Waals surface area contributed by atoms with E-state index in [1.165, 1.54) is 0 Å². The Labute approximate surface area is 69.8 Å². The quantitative estimate of drug-likeness (QED) is 0.655. The van der Waals surface area contributed by atoms with Crippen molar-refractivity contribution in [3.8, 4) is 0 Å². The van der Waals surface area contributed by atoms with E-state index in [-0.39, 0.29) is 6.54 Å². The zero-order chi connectivity index (χ0) is 8.97. The van der Waals surface area contributed by atoms with Crippen LogP contribution >= 0.6 is 0 Å². The van der Waals surface area contributed by atoms with Gasteiger partial charge in [0.05, 0.1) is 13.1 Å². The molecule has 12 heavy (non-hydrogen) atoms. The molecule has 0 fully saturated rings. The van der Waals surface area contributed by atoms with Crippen molar-refractivity contribution in [1.82, 2.24) is 9.55 Å². The summed E-state index contributed by atoms with van der Waals surface area (Å²) in [5, 5.41) is 8.99. The van der Waals surface area contributed by atoms with Crippen molar-refractivity contribution >= 4 is 0 Å². The second-order valence-corrected chi connectivity index (χ2v) is 2.51. The minimum Gasteiger partial charge on any atom is -0.389 e. The fourth-order valence-electron chi connectivity index (χ4n) is 0.972. The molecule has 0 saturated carbocycles. The molecule has 0 amide bonds. The molecule has 0 radical (unpaired) electrons. The van der Waals surface area contributed by atoms with Crippen LogP contribution in [0.4, 0.5) is 4.39 Å². The number of aliphatic hydroxyl groups is 1. The molecule has 0 aliphatic rings. The minimum atomic E-state index is -0.968. The van der Waals surface area contributed by atoms with E-state index in [4.69, 9.17) is 10.8 Å². The summed E-state index contributed by atoms with van der Waals surface area (Å²) >= 11 is 0. The topological polar surface area (TPSA) is 64.1 Å². The monoisotopic (exact) mass is 173 g/mol. The molecule has 1 aromatic heterocycles. The lowest BCUT2D eigenvalue weighted by molar-refractivity contribution is 0.121. The van der Waals surface area contributed by atoms with Crippen LogP contribution in [0.15, 0.2) is 12.4 Å². The first-order valence-electron chi connectivity index (χ1n) is 3.72. The van der Waals surface area contributed by atoms with Crippen LogP contribution in [0.3, 0.4) is 0 Å². The maximum atomic E-state index is 11.9. The molecular formula is C7H12FN3O. The third-order valence-corrected chi connectivity index (χ3v) is 1.57. The summed E-state index contributed by atoms with van der Waals surface area (Å²) in [4.78, 5) is 3.93. The standard InChI is InChI=1S/C7H12FN3O/c8-3-6(12)5-11-2-1-10-7(11)4-9/h1-2,6,12H,3-5,9H2. The number of aliphatic hydroxyl groups excluding tert-OH is 1. The van der Waals surface area contributed by atoms with Gasteiger partial charge in [0.1, 0.15) is 18.6 Å². The lowest BCUT2D eigenvalue weighted by atomic mass is 10.4. The van der Waals surface area contributed by atoms with Gasteiger partial charge in [-0.05, 0) is 0 Å². The lowest BCUT2D eigenvalue weighted by Crippen LogP contribution is -2.20. The Kier molecular flexibility index (Phi) is 3.19. The predicted octanol–water partition coefficient (Wildman–Crippen LogP) is -0.328. The van der Waals surface area contributed by atoms with Crippen LogP contribution < -0.4 is 5.73 Å². The first-order chi connectivity index (χ1) is 5.77. The van der Waals surface area contributed by atoms with Gasteiger partial charge in [-0.1, -0.05) is 0 Å². The van der Waals surface area contributed by atoms with E-state index in [9.17, 15) is 4.39 Å². The van der Waals surface area contributed by atoms with E-state index in [2.05, 4.69) is 4.98 Å². The van der Waals surface area contributed by atoms with Gasteiger partial charge in [0.25, 0.3) is 0 Å². The molecule has 1 unspecified atom stereocenters. The molecule has 68 valence electrons. The van der Waals surface area contributed by atoms with Gasteiger partial charge < -0.3 is 15.4 Å². The summed E-state index contributed by atoms with van der Waals surface area (Å²) in [5.74, 6) is 0.655. The minimum absolute atomic E-state index is 0.211. The number of aromatic nitrogens is 2. The molecule has 5 heteroatoms. The van der Waals surface area contributed by atoms with Crippen LogP contribution in [-0.2, 0) is 13.1 Å². The smallest absolute Gasteiger partial charge is 0.122 e. The molecule has 1 atom stereocenters. The lowest BCUT2D eigenvalue weighted by Gasteiger charge is -2.08. The van der Waals surface area contributed by atoms with Crippen LogP contribution in [0.25, 0.3) is 0 Å². The summed E-state index contributed by atoms with van der Waals surface area (Å²) in [6.45, 7) is -0.239. The maximum absolute atomic E-state index is 11.9. The second kappa shape index (κ2) is 4.18. The number of hydrogen-bond acceptors (Lipinski definition) is 3. The normalized spacial score (nSPS) is 13.2. The van der Waals surface area contributed by atoms with Gasteiger partial charge in [-0.3, -0.25) is 0 Å². The van der Waals surface area contributed by atoms with Crippen LogP contribution in [0.5, 0.6) is 0 Å². The average molecular weight is 173 g/mol. The second-order valence-electron chi connectivity index (χ2n) is 2.51. The molecule has 0 aliphatic carbocycles. The van der Waals surface area contributed by atoms with E-state index in [0.717, 1.165) is 0 Å². The van der Waals surface area contributed by atoms with Crippen molar-refractivity contribution in [2.75, 3.05) is 6.67 Å². The van der Waals surface area contributed by atoms with Crippen LogP contribution in [0.2, 0.25) is 0 Å². The molecule has 3 N–H and O–H groups in total. The fourth-order valence-corrected chi connectivity index (χ4v) is 0.972. The molecule has 1 rings (SSSR count). The summed E-state index contributed by atoms with van der Waals surface area (Å²) in [6.07, 6.45) is 2.28. The van der Waals surface area contributed by atoms with Crippen LogP contribution in [0, 0.1) is 0 Å². The van der Waals surface area contributed by atoms with Crippen molar-refractivity contribution in [3.63, 3.8) is 0 Å². The van der Waals surface area contributed by atoms with Crippen molar-refractivity contribution in [3.05, 3.63) is 18.2 Å². The molecule has 1 aromatic rings. The largest absolute Gasteiger partial charge is 0.389 e. The molecule has 0 spiro atoms. The Morgan fingerprint density at radius 2 is 2.50 bits per heavy atom. The first-order valence-corrected chi connectivity index (χ1v) is 3.72. The summed E-state index contributed by atoms with van der Waals surface area (Å²) in [5.41, 5.74) is 5.35. The molecule has 0 saturated heterocycles. The van der Waals surface area contributed by atoms with Crippen molar-refractivity contribution in [1.29, 1.82) is 0 Å². The predicted molar refractivity (Wildman–Crippen MR) is 42.1 cm³/mol. The number of imidazole rings is 1. The maximum Gasteiger partial charge on any atom is 0.122 e. The van der Waals surface area contributed by atoms with Crippen molar-refractivity contribution in [2.45, 2.75) is 19.2 Å². The van der Waals surface area contributed by atoms with Gasteiger partial charge >= 0.3 is 0 Å². The van der Waals surface area contributed by atoms with Gasteiger partial charge in [0, 0.05) is 12.4 Å². The molecule has 0 aliphatic heterocycles. The number of halogens is 1. The number of rotatable bonds is 4. The Balaban J connectivity index is 2.61. The zero-order valence-electron chi connectivity index (χ0n) is 6.65. The van der Waals surface area contributed by atoms with Gasteiger partial charge in [-0.25, -0.2) is 9.37 Å². The zero-order valence-corrected chi connectivity index (χ0v) is 6.65. The molecule has 0 bridgehead atoms. The highest BCUT2D eigenvalue weighted by molar-refractivity contribution is 4.91. The Morgan fingerprint density at radius 1 is 1.75 bits per heavy atom. The SMILES string of the molecule is NCc1nccn1CC(O)CF. The van der Waals surface area contributed by atoms with Crippen LogP contribution in [-0.4, -0.2) is 27.4 Å². The highest BCUT2D eigenvalue weighted by Gasteiger charge is 2.06. The summed E-state index contributed by atoms with van der Waals surface area (Å²) in [6, 6.07) is 0. The van der Waals surface area contributed by atoms with E-state index in [0.29, 0.717) is 12.4 Å². The highest BCUT2D eigenvalue weighted by atomic mass is 19.1. The van der Waals surface area contributed by atoms with Crippen molar-refractivity contribution in [2.24, 2.45) is 5.73 Å². The number of alkyl halides is 1. The number of nitrogens with two attached hydrogens (primary N) is 1. The third kappa shape index (κ3) is 2.02. The van der Waals surface area contributed by atoms with Gasteiger partial charge in [0.15, 0.2) is 0 Å². The highest BCUT2D eigenvalue weighted by Crippen LogP contribution is 1.99. The summed E-state index contributed by atoms with van der Waals surface area (Å²) < 4.78 is 13.5. The van der Waals surface area contributed by atoms with E-state index in [1.807, 2.05) is 0 Å². The van der Waals surface area contributed by atoms with Gasteiger partial charge in [0.2, 0.25) is 0 Å². The first kappa shape index (κ1) is 9.15. The van der Waals surface area contributed by atoms with Crippen LogP contribution in [0.1, 0.15) is 5.82 Å². The molecular weight excluding hydrogens is 161 g/mol. The third-order valence-electron chi connectivity index (χ3n) is 1.57. The summed E-state index contributed by atoms with van der Waals surface area (Å²) in [7, 11) is 0. The van der Waals surface area contributed by atoms with Gasteiger partial charge in [-0.2, -0.15) is 0 Å². The van der Waals surface area contributed by atoms with E-state index >= 15 is 0 Å². The molecule has 0 aromatic carbocycles. The molecule has 4 nitrogen and oxygen atoms in total. The Morgan fingerprint density at radius 3 is 3.08 bits per heavy atom.